The molecule has 0 saturated heterocycles. The third-order valence-electron chi connectivity index (χ3n) is 5.16. The van der Waals surface area contributed by atoms with Crippen molar-refractivity contribution in [2.24, 2.45) is 0 Å². The first kappa shape index (κ1) is 21.6. The zero-order valence-corrected chi connectivity index (χ0v) is 18.8. The molecule has 3 rings (SSSR count). The predicted octanol–water partition coefficient (Wildman–Crippen LogP) is 7.28. The molecule has 3 aromatic rings. The second-order valence-electron chi connectivity index (χ2n) is 8.30. The molecule has 0 N–H and O–H groups in total. The van der Waals surface area contributed by atoms with Crippen molar-refractivity contribution in [1.82, 2.24) is 0 Å². The summed E-state index contributed by atoms with van der Waals surface area (Å²) in [5.74, 6) is 1.52. The van der Waals surface area contributed by atoms with Crippen LogP contribution in [0, 0.1) is 0 Å². The summed E-state index contributed by atoms with van der Waals surface area (Å²) < 4.78 is 11.0. The van der Waals surface area contributed by atoms with Crippen LogP contribution >= 0.6 is 11.3 Å². The summed E-state index contributed by atoms with van der Waals surface area (Å²) in [6.45, 7) is 9.68. The first-order valence-corrected chi connectivity index (χ1v) is 11.6. The lowest BCUT2D eigenvalue weighted by Crippen LogP contribution is -2.08. The summed E-state index contributed by atoms with van der Waals surface area (Å²) in [6, 6.07) is 11.7. The standard InChI is InChI=1S/C25H32O3S/c1-17(2)23-16-20(24(29-23)18(3)4)12-7-5-6-10-14-27-22-15-19-11-8-9-13-21(19)28-25(22)26/h8-9,11,13,15-18H,5-7,10,12,14H2,1-4H3. The lowest BCUT2D eigenvalue weighted by atomic mass is 10.0. The van der Waals surface area contributed by atoms with Gasteiger partial charge >= 0.3 is 5.63 Å². The van der Waals surface area contributed by atoms with Crippen LogP contribution < -0.4 is 10.4 Å². The lowest BCUT2D eigenvalue weighted by molar-refractivity contribution is 0.291. The molecule has 2 heterocycles. The van der Waals surface area contributed by atoms with Crippen molar-refractivity contribution in [3.8, 4) is 5.75 Å². The number of aryl methyl sites for hydroxylation is 1. The molecule has 0 radical (unpaired) electrons. The lowest BCUT2D eigenvalue weighted by Gasteiger charge is -2.07. The number of hydrogen-bond acceptors (Lipinski definition) is 4. The third-order valence-corrected chi connectivity index (χ3v) is 6.94. The molecule has 4 heteroatoms. The van der Waals surface area contributed by atoms with Gasteiger partial charge in [0, 0.05) is 15.1 Å². The quantitative estimate of drug-likeness (QED) is 0.259. The third kappa shape index (κ3) is 5.72. The fourth-order valence-electron chi connectivity index (χ4n) is 3.53. The second kappa shape index (κ2) is 10.1. The molecule has 0 atom stereocenters. The number of ether oxygens (including phenoxy) is 1. The zero-order valence-electron chi connectivity index (χ0n) is 18.0. The molecule has 2 aromatic heterocycles. The van der Waals surface area contributed by atoms with E-state index in [0.29, 0.717) is 29.8 Å². The molecule has 156 valence electrons. The van der Waals surface area contributed by atoms with Crippen LogP contribution in [-0.4, -0.2) is 6.61 Å². The van der Waals surface area contributed by atoms with Gasteiger partial charge in [0.1, 0.15) is 5.58 Å². The fraction of sp³-hybridized carbons (Fsp3) is 0.480. The van der Waals surface area contributed by atoms with Gasteiger partial charge in [0.2, 0.25) is 5.75 Å². The maximum Gasteiger partial charge on any atom is 0.379 e. The smallest absolute Gasteiger partial charge is 0.379 e. The molecule has 0 amide bonds. The monoisotopic (exact) mass is 412 g/mol. The fourth-order valence-corrected chi connectivity index (χ4v) is 4.75. The van der Waals surface area contributed by atoms with Crippen LogP contribution in [0.25, 0.3) is 11.0 Å². The SMILES string of the molecule is CC(C)c1cc(CCCCCCOc2cc3ccccc3oc2=O)c(C(C)C)s1. The number of thiophene rings is 1. The Bertz CT molecular complexity index is 981. The molecule has 0 aliphatic rings. The van der Waals surface area contributed by atoms with Crippen LogP contribution in [0.1, 0.15) is 80.5 Å². The summed E-state index contributed by atoms with van der Waals surface area (Å²) in [7, 11) is 0. The molecule has 0 fully saturated rings. The molecule has 0 aliphatic heterocycles. The first-order valence-electron chi connectivity index (χ1n) is 10.7. The average Bonchev–Trinajstić information content (AvgIpc) is 3.12. The van der Waals surface area contributed by atoms with Crippen LogP contribution in [0.2, 0.25) is 0 Å². The van der Waals surface area contributed by atoms with Gasteiger partial charge in [-0.15, -0.1) is 11.3 Å². The van der Waals surface area contributed by atoms with Crippen molar-refractivity contribution < 1.29 is 9.15 Å². The van der Waals surface area contributed by atoms with Gasteiger partial charge in [-0.05, 0) is 54.9 Å². The minimum atomic E-state index is -0.400. The molecule has 0 spiro atoms. The normalized spacial score (nSPS) is 11.7. The molecule has 0 bridgehead atoms. The minimum absolute atomic E-state index is 0.310. The van der Waals surface area contributed by atoms with E-state index >= 15 is 0 Å². The average molecular weight is 413 g/mol. The molecule has 0 unspecified atom stereocenters. The molecule has 0 aliphatic carbocycles. The van der Waals surface area contributed by atoms with Gasteiger partial charge in [-0.25, -0.2) is 4.79 Å². The highest BCUT2D eigenvalue weighted by molar-refractivity contribution is 7.12. The van der Waals surface area contributed by atoms with Crippen molar-refractivity contribution in [2.75, 3.05) is 6.61 Å². The highest BCUT2D eigenvalue weighted by Gasteiger charge is 2.13. The Kier molecular flexibility index (Phi) is 7.54. The van der Waals surface area contributed by atoms with Crippen molar-refractivity contribution in [2.45, 2.75) is 71.6 Å². The molecule has 0 saturated carbocycles. The van der Waals surface area contributed by atoms with E-state index in [2.05, 4.69) is 33.8 Å². The first-order chi connectivity index (χ1) is 14.0. The van der Waals surface area contributed by atoms with E-state index in [1.54, 1.807) is 22.6 Å². The Balaban J connectivity index is 1.42. The zero-order chi connectivity index (χ0) is 20.8. The Morgan fingerprint density at radius 3 is 2.48 bits per heavy atom. The summed E-state index contributed by atoms with van der Waals surface area (Å²) in [6.07, 6.45) is 5.60. The van der Waals surface area contributed by atoms with Gasteiger partial charge in [-0.2, -0.15) is 0 Å². The number of rotatable bonds is 10. The van der Waals surface area contributed by atoms with Crippen molar-refractivity contribution in [3.05, 3.63) is 62.1 Å². The van der Waals surface area contributed by atoms with E-state index in [4.69, 9.17) is 9.15 Å². The number of hydrogen-bond donors (Lipinski definition) is 0. The Labute approximate surface area is 177 Å². The van der Waals surface area contributed by atoms with Gasteiger partial charge in [-0.3, -0.25) is 0 Å². The van der Waals surface area contributed by atoms with Crippen LogP contribution in [0.3, 0.4) is 0 Å². The Morgan fingerprint density at radius 1 is 0.966 bits per heavy atom. The molecule has 29 heavy (non-hydrogen) atoms. The summed E-state index contributed by atoms with van der Waals surface area (Å²) in [4.78, 5) is 15.1. The molecule has 3 nitrogen and oxygen atoms in total. The van der Waals surface area contributed by atoms with Crippen molar-refractivity contribution in [1.29, 1.82) is 0 Å². The van der Waals surface area contributed by atoms with Crippen molar-refractivity contribution in [3.63, 3.8) is 0 Å². The van der Waals surface area contributed by atoms with Gasteiger partial charge in [0.25, 0.3) is 0 Å². The number of fused-ring (bicyclic) bond motifs is 1. The van der Waals surface area contributed by atoms with Gasteiger partial charge < -0.3 is 9.15 Å². The van der Waals surface area contributed by atoms with Crippen LogP contribution in [0.15, 0.2) is 45.6 Å². The minimum Gasteiger partial charge on any atom is -0.487 e. The van der Waals surface area contributed by atoms with Gasteiger partial charge in [0.05, 0.1) is 6.61 Å². The van der Waals surface area contributed by atoms with E-state index in [1.165, 1.54) is 17.7 Å². The maximum absolute atomic E-state index is 12.0. The Hall–Kier alpha value is -2.07. The van der Waals surface area contributed by atoms with E-state index in [0.717, 1.165) is 24.6 Å². The highest BCUT2D eigenvalue weighted by atomic mass is 32.1. The predicted molar refractivity (Wildman–Crippen MR) is 123 cm³/mol. The van der Waals surface area contributed by atoms with Gasteiger partial charge in [-0.1, -0.05) is 58.7 Å². The summed E-state index contributed by atoms with van der Waals surface area (Å²) in [5.41, 5.74) is 1.74. The van der Waals surface area contributed by atoms with E-state index in [-0.39, 0.29) is 0 Å². The number of para-hydroxylation sites is 1. The summed E-state index contributed by atoms with van der Waals surface area (Å²) in [5, 5.41) is 0.889. The maximum atomic E-state index is 12.0. The molecule has 1 aromatic carbocycles. The second-order valence-corrected chi connectivity index (χ2v) is 9.41. The van der Waals surface area contributed by atoms with Crippen molar-refractivity contribution >= 4 is 22.3 Å². The van der Waals surface area contributed by atoms with E-state index in [1.807, 2.05) is 29.5 Å². The van der Waals surface area contributed by atoms with Crippen LogP contribution in [0.4, 0.5) is 0 Å². The number of unbranched alkanes of at least 4 members (excludes halogenated alkanes) is 3. The highest BCUT2D eigenvalue weighted by Crippen LogP contribution is 2.34. The molecular weight excluding hydrogens is 380 g/mol. The molecular formula is C25H32O3S. The van der Waals surface area contributed by atoms with Crippen LogP contribution in [0.5, 0.6) is 5.75 Å². The van der Waals surface area contributed by atoms with E-state index in [9.17, 15) is 4.79 Å². The Morgan fingerprint density at radius 2 is 1.72 bits per heavy atom. The summed E-state index contributed by atoms with van der Waals surface area (Å²) >= 11 is 1.99. The van der Waals surface area contributed by atoms with Crippen LogP contribution in [-0.2, 0) is 6.42 Å². The topological polar surface area (TPSA) is 39.4 Å². The van der Waals surface area contributed by atoms with Gasteiger partial charge in [0.15, 0.2) is 0 Å². The number of benzene rings is 1. The largest absolute Gasteiger partial charge is 0.487 e. The van der Waals surface area contributed by atoms with E-state index < -0.39 is 5.63 Å².